The number of hydrogen-bond donors (Lipinski definition) is 0. The minimum Gasteiger partial charge on any atom is -0.462 e. The van der Waals surface area contributed by atoms with Crippen LogP contribution in [0.25, 0.3) is 0 Å². The van der Waals surface area contributed by atoms with Gasteiger partial charge in [-0.15, -0.1) is 0 Å². The van der Waals surface area contributed by atoms with Gasteiger partial charge in [0.15, 0.2) is 0 Å². The molecule has 0 radical (unpaired) electrons. The van der Waals surface area contributed by atoms with Crippen LogP contribution in [0.3, 0.4) is 0 Å². The second-order valence-corrected chi connectivity index (χ2v) is 5.29. The molecule has 0 fully saturated rings. The predicted molar refractivity (Wildman–Crippen MR) is 81.8 cm³/mol. The molecule has 0 spiro atoms. The van der Waals surface area contributed by atoms with Gasteiger partial charge in [0.25, 0.3) is 0 Å². The second kappa shape index (κ2) is 7.38. The van der Waals surface area contributed by atoms with Crippen molar-refractivity contribution in [3.63, 3.8) is 0 Å². The van der Waals surface area contributed by atoms with Gasteiger partial charge in [0, 0.05) is 11.5 Å². The maximum atomic E-state index is 11.8. The maximum absolute atomic E-state index is 11.8. The second-order valence-electron chi connectivity index (χ2n) is 4.43. The van der Waals surface area contributed by atoms with Crippen molar-refractivity contribution in [2.24, 2.45) is 7.05 Å². The van der Waals surface area contributed by atoms with Crippen molar-refractivity contribution >= 4 is 21.9 Å². The molecular weight excluding hydrogens is 336 g/mol. The summed E-state index contributed by atoms with van der Waals surface area (Å²) in [5.74, 6) is -0.370. The summed E-state index contributed by atoms with van der Waals surface area (Å²) in [6, 6.07) is 7.86. The smallest absolute Gasteiger partial charge is 0.341 e. The van der Waals surface area contributed by atoms with Crippen molar-refractivity contribution in [1.29, 1.82) is 0 Å². The topological polar surface area (TPSA) is 53.3 Å². The van der Waals surface area contributed by atoms with Gasteiger partial charge in [0.1, 0.15) is 5.56 Å². The largest absolute Gasteiger partial charge is 0.462 e. The first-order valence-corrected chi connectivity index (χ1v) is 7.42. The van der Waals surface area contributed by atoms with Gasteiger partial charge in [0.2, 0.25) is 0 Å². The van der Waals surface area contributed by atoms with Gasteiger partial charge in [0.05, 0.1) is 31.7 Å². The summed E-state index contributed by atoms with van der Waals surface area (Å²) in [4.78, 5) is 11.8. The third-order valence-corrected chi connectivity index (χ3v) is 3.78. The number of benzene rings is 1. The van der Waals surface area contributed by atoms with Gasteiger partial charge in [-0.2, -0.15) is 5.10 Å². The van der Waals surface area contributed by atoms with Crippen molar-refractivity contribution in [2.75, 3.05) is 6.61 Å². The van der Waals surface area contributed by atoms with Crippen molar-refractivity contribution in [2.45, 2.75) is 20.1 Å². The zero-order valence-corrected chi connectivity index (χ0v) is 13.6. The molecule has 1 aromatic heterocycles. The van der Waals surface area contributed by atoms with Gasteiger partial charge in [-0.1, -0.05) is 34.1 Å². The van der Waals surface area contributed by atoms with Crippen LogP contribution >= 0.6 is 15.9 Å². The van der Waals surface area contributed by atoms with Gasteiger partial charge >= 0.3 is 5.97 Å². The highest BCUT2D eigenvalue weighted by Gasteiger charge is 2.17. The fraction of sp³-hybridized carbons (Fsp3) is 0.333. The molecule has 0 aliphatic heterocycles. The van der Waals surface area contributed by atoms with Crippen LogP contribution in [0.5, 0.6) is 0 Å². The first kappa shape index (κ1) is 15.7. The minimum absolute atomic E-state index is 0.298. The van der Waals surface area contributed by atoms with E-state index in [0.717, 1.165) is 10.0 Å². The van der Waals surface area contributed by atoms with Crippen molar-refractivity contribution in [3.05, 3.63) is 51.8 Å². The average Bonchev–Trinajstić information content (AvgIpc) is 2.83. The van der Waals surface area contributed by atoms with Crippen LogP contribution < -0.4 is 0 Å². The molecule has 0 aliphatic carbocycles. The summed E-state index contributed by atoms with van der Waals surface area (Å²) in [7, 11) is 1.78. The van der Waals surface area contributed by atoms with Crippen LogP contribution in [0.4, 0.5) is 0 Å². The predicted octanol–water partition coefficient (Wildman–Crippen LogP) is 3.08. The van der Waals surface area contributed by atoms with Crippen LogP contribution in [0, 0.1) is 0 Å². The number of ether oxygens (including phenoxy) is 2. The number of carbonyl (C=O) groups is 1. The van der Waals surface area contributed by atoms with E-state index < -0.39 is 0 Å². The number of halogens is 1. The minimum atomic E-state index is -0.370. The maximum Gasteiger partial charge on any atom is 0.341 e. The van der Waals surface area contributed by atoms with E-state index in [2.05, 4.69) is 21.0 Å². The zero-order valence-electron chi connectivity index (χ0n) is 12.0. The van der Waals surface area contributed by atoms with Crippen molar-refractivity contribution in [1.82, 2.24) is 9.78 Å². The lowest BCUT2D eigenvalue weighted by Gasteiger charge is -2.08. The standard InChI is InChI=1S/C15H17BrN2O3/c1-3-21-15(19)12-8-17-18(2)14(12)10-20-9-11-6-4-5-7-13(11)16/h4-8H,3,9-10H2,1-2H3. The molecule has 0 aliphatic rings. The molecule has 21 heavy (non-hydrogen) atoms. The molecule has 2 aromatic rings. The molecular formula is C15H17BrN2O3. The molecule has 2 rings (SSSR count). The van der Waals surface area contributed by atoms with E-state index >= 15 is 0 Å². The highest BCUT2D eigenvalue weighted by molar-refractivity contribution is 9.10. The molecule has 0 N–H and O–H groups in total. The molecule has 6 heteroatoms. The molecule has 0 saturated heterocycles. The third kappa shape index (κ3) is 3.92. The van der Waals surface area contributed by atoms with E-state index in [-0.39, 0.29) is 5.97 Å². The number of hydrogen-bond acceptors (Lipinski definition) is 4. The quantitative estimate of drug-likeness (QED) is 0.749. The molecule has 0 amide bonds. The molecule has 0 bridgehead atoms. The van der Waals surface area contributed by atoms with Gasteiger partial charge in [-0.05, 0) is 18.6 Å². The van der Waals surface area contributed by atoms with Crippen LogP contribution in [0.2, 0.25) is 0 Å². The van der Waals surface area contributed by atoms with E-state index in [0.29, 0.717) is 31.1 Å². The van der Waals surface area contributed by atoms with Crippen LogP contribution in [-0.2, 0) is 29.7 Å². The fourth-order valence-electron chi connectivity index (χ4n) is 1.89. The first-order valence-electron chi connectivity index (χ1n) is 6.62. The summed E-state index contributed by atoms with van der Waals surface area (Å²) in [5.41, 5.74) is 2.21. The number of nitrogens with zero attached hydrogens (tertiary/aromatic N) is 2. The lowest BCUT2D eigenvalue weighted by molar-refractivity contribution is 0.0515. The molecule has 0 saturated carbocycles. The summed E-state index contributed by atoms with van der Waals surface area (Å²) < 4.78 is 13.3. The average molecular weight is 353 g/mol. The fourth-order valence-corrected chi connectivity index (χ4v) is 2.29. The van der Waals surface area contributed by atoms with E-state index in [1.165, 1.54) is 6.20 Å². The summed E-state index contributed by atoms with van der Waals surface area (Å²) in [6.45, 7) is 2.86. The van der Waals surface area contributed by atoms with E-state index in [9.17, 15) is 4.79 Å². The van der Waals surface area contributed by atoms with Crippen molar-refractivity contribution < 1.29 is 14.3 Å². The van der Waals surface area contributed by atoms with Crippen LogP contribution in [0.15, 0.2) is 34.9 Å². The molecule has 0 atom stereocenters. The molecule has 112 valence electrons. The van der Waals surface area contributed by atoms with Gasteiger partial charge < -0.3 is 9.47 Å². The third-order valence-electron chi connectivity index (χ3n) is 3.01. The van der Waals surface area contributed by atoms with Crippen LogP contribution in [0.1, 0.15) is 28.5 Å². The SMILES string of the molecule is CCOC(=O)c1cnn(C)c1COCc1ccccc1Br. The summed E-state index contributed by atoms with van der Waals surface area (Å²) in [5, 5.41) is 4.09. The first-order chi connectivity index (χ1) is 10.1. The Bertz CT molecular complexity index is 625. The van der Waals surface area contributed by atoms with E-state index in [4.69, 9.17) is 9.47 Å². The molecule has 0 unspecified atom stereocenters. The Hall–Kier alpha value is -1.66. The Morgan fingerprint density at radius 3 is 2.81 bits per heavy atom. The Morgan fingerprint density at radius 2 is 2.10 bits per heavy atom. The number of esters is 1. The number of aromatic nitrogens is 2. The monoisotopic (exact) mass is 352 g/mol. The number of carbonyl (C=O) groups excluding carboxylic acids is 1. The van der Waals surface area contributed by atoms with Crippen molar-refractivity contribution in [3.8, 4) is 0 Å². The van der Waals surface area contributed by atoms with Crippen LogP contribution in [-0.4, -0.2) is 22.4 Å². The Labute approximate surface area is 132 Å². The van der Waals surface area contributed by atoms with E-state index in [1.807, 2.05) is 24.3 Å². The Kier molecular flexibility index (Phi) is 5.52. The summed E-state index contributed by atoms with van der Waals surface area (Å²) >= 11 is 3.48. The van der Waals surface area contributed by atoms with E-state index in [1.54, 1.807) is 18.7 Å². The Morgan fingerprint density at radius 1 is 1.33 bits per heavy atom. The lowest BCUT2D eigenvalue weighted by atomic mass is 10.2. The number of aryl methyl sites for hydroxylation is 1. The molecule has 1 aromatic carbocycles. The molecule has 5 nitrogen and oxygen atoms in total. The number of rotatable bonds is 6. The van der Waals surface area contributed by atoms with Gasteiger partial charge in [-0.3, -0.25) is 4.68 Å². The summed E-state index contributed by atoms with van der Waals surface area (Å²) in [6.07, 6.45) is 1.51. The zero-order chi connectivity index (χ0) is 15.2. The van der Waals surface area contributed by atoms with Gasteiger partial charge in [-0.25, -0.2) is 4.79 Å². The lowest BCUT2D eigenvalue weighted by Crippen LogP contribution is -2.10. The highest BCUT2D eigenvalue weighted by atomic mass is 79.9. The highest BCUT2D eigenvalue weighted by Crippen LogP contribution is 2.18. The molecule has 1 heterocycles. The Balaban J connectivity index is 2.02. The normalized spacial score (nSPS) is 10.6.